The van der Waals surface area contributed by atoms with Gasteiger partial charge in [0.05, 0.1) is 0 Å². The van der Waals surface area contributed by atoms with Crippen molar-refractivity contribution < 1.29 is 0 Å². The molecule has 0 bridgehead atoms. The minimum atomic E-state index is 0.725. The summed E-state index contributed by atoms with van der Waals surface area (Å²) in [5.41, 5.74) is 0. The first kappa shape index (κ1) is 5.88. The van der Waals surface area contributed by atoms with E-state index in [1.807, 2.05) is 6.92 Å². The normalized spacial score (nSPS) is 20.3. The number of rotatable bonds is 0. The summed E-state index contributed by atoms with van der Waals surface area (Å²) < 4.78 is 0. The van der Waals surface area contributed by atoms with Crippen molar-refractivity contribution in [3.63, 3.8) is 0 Å². The van der Waals surface area contributed by atoms with Gasteiger partial charge in [-0.3, -0.25) is 0 Å². The molecular formula is C6H7N3. The highest BCUT2D eigenvalue weighted by molar-refractivity contribution is 5.95. The number of hydrogen-bond acceptors (Lipinski definition) is 3. The Bertz CT molecular complexity index is 198. The Balaban J connectivity index is 2.77. The second-order valence-corrected chi connectivity index (χ2v) is 1.56. The second-order valence-electron chi connectivity index (χ2n) is 1.56. The van der Waals surface area contributed by atoms with Crippen LogP contribution in [0.5, 0.6) is 0 Å². The number of hydrogen-bond donors (Lipinski definition) is 0. The van der Waals surface area contributed by atoms with Crippen LogP contribution in [0, 0.1) is 0 Å². The zero-order valence-electron chi connectivity index (χ0n) is 5.15. The van der Waals surface area contributed by atoms with Gasteiger partial charge in [0.25, 0.3) is 0 Å². The fourth-order valence-corrected chi connectivity index (χ4v) is 0.428. The fraction of sp³-hybridized carbons (Fsp3) is 0.167. The Morgan fingerprint density at radius 2 is 2.33 bits per heavy atom. The first-order valence-electron chi connectivity index (χ1n) is 2.65. The lowest BCUT2D eigenvalue weighted by Crippen LogP contribution is -1.86. The molecule has 1 aliphatic rings. The molecule has 0 atom stereocenters. The van der Waals surface area contributed by atoms with Crippen molar-refractivity contribution in [3.05, 3.63) is 12.3 Å². The molecule has 46 valence electrons. The summed E-state index contributed by atoms with van der Waals surface area (Å²) in [7, 11) is 0. The molecule has 0 unspecified atom stereocenters. The molecular weight excluding hydrogens is 114 g/mol. The minimum Gasteiger partial charge on any atom is -0.245 e. The third kappa shape index (κ3) is 1.99. The molecule has 0 amide bonds. The lowest BCUT2D eigenvalue weighted by atomic mass is 10.6. The number of nitrogens with zero attached hydrogens (tertiary/aromatic N) is 3. The van der Waals surface area contributed by atoms with Crippen LogP contribution in [0.4, 0.5) is 0 Å². The summed E-state index contributed by atoms with van der Waals surface area (Å²) in [5.74, 6) is 0.725. The highest BCUT2D eigenvalue weighted by Crippen LogP contribution is 1.82. The molecule has 1 rings (SSSR count). The van der Waals surface area contributed by atoms with Crippen molar-refractivity contribution in [3.8, 4) is 0 Å². The van der Waals surface area contributed by atoms with Crippen LogP contribution in [-0.4, -0.2) is 18.4 Å². The molecule has 0 aromatic rings. The lowest BCUT2D eigenvalue weighted by molar-refractivity contribution is 1.49. The van der Waals surface area contributed by atoms with Gasteiger partial charge >= 0.3 is 0 Å². The SMILES string of the molecule is CC1=NC=N/C=C/C=N1. The van der Waals surface area contributed by atoms with E-state index in [1.54, 1.807) is 18.5 Å². The Labute approximate surface area is 53.6 Å². The number of allylic oxidation sites excluding steroid dienone is 1. The van der Waals surface area contributed by atoms with Gasteiger partial charge in [-0.1, -0.05) is 0 Å². The van der Waals surface area contributed by atoms with Crippen LogP contribution in [0.25, 0.3) is 0 Å². The van der Waals surface area contributed by atoms with E-state index in [4.69, 9.17) is 0 Å². The Morgan fingerprint density at radius 1 is 1.44 bits per heavy atom. The van der Waals surface area contributed by atoms with Crippen LogP contribution in [0.3, 0.4) is 0 Å². The van der Waals surface area contributed by atoms with Gasteiger partial charge in [-0.2, -0.15) is 0 Å². The minimum absolute atomic E-state index is 0.725. The predicted molar refractivity (Wildman–Crippen MR) is 39.2 cm³/mol. The van der Waals surface area contributed by atoms with Crippen LogP contribution in [0.1, 0.15) is 6.92 Å². The van der Waals surface area contributed by atoms with Crippen LogP contribution < -0.4 is 0 Å². The van der Waals surface area contributed by atoms with Gasteiger partial charge in [0.15, 0.2) is 0 Å². The van der Waals surface area contributed by atoms with Gasteiger partial charge < -0.3 is 0 Å². The van der Waals surface area contributed by atoms with E-state index in [0.717, 1.165) is 5.84 Å². The molecule has 0 saturated carbocycles. The number of aliphatic imine (C=N–C) groups is 3. The topological polar surface area (TPSA) is 37.1 Å². The summed E-state index contributed by atoms with van der Waals surface area (Å²) in [5, 5.41) is 0. The summed E-state index contributed by atoms with van der Waals surface area (Å²) in [6.45, 7) is 1.82. The molecule has 1 aliphatic heterocycles. The molecule has 3 nitrogen and oxygen atoms in total. The van der Waals surface area contributed by atoms with E-state index in [1.165, 1.54) is 6.34 Å². The molecule has 0 aromatic heterocycles. The Morgan fingerprint density at radius 3 is 3.22 bits per heavy atom. The van der Waals surface area contributed by atoms with Crippen LogP contribution in [0.15, 0.2) is 27.3 Å². The molecule has 1 heterocycles. The quantitative estimate of drug-likeness (QED) is 0.459. The third-order valence-corrected chi connectivity index (χ3v) is 0.831. The average molecular weight is 121 g/mol. The van der Waals surface area contributed by atoms with E-state index in [0.29, 0.717) is 0 Å². The van der Waals surface area contributed by atoms with Crippen molar-refractivity contribution in [2.24, 2.45) is 15.0 Å². The van der Waals surface area contributed by atoms with Gasteiger partial charge in [-0.05, 0) is 13.0 Å². The smallest absolute Gasteiger partial charge is 0.126 e. The maximum absolute atomic E-state index is 3.93. The van der Waals surface area contributed by atoms with E-state index in [9.17, 15) is 0 Å². The lowest BCUT2D eigenvalue weighted by Gasteiger charge is -1.86. The van der Waals surface area contributed by atoms with Crippen molar-refractivity contribution >= 4 is 18.4 Å². The zero-order valence-corrected chi connectivity index (χ0v) is 5.15. The van der Waals surface area contributed by atoms with Crippen LogP contribution in [-0.2, 0) is 0 Å². The zero-order chi connectivity index (χ0) is 6.53. The van der Waals surface area contributed by atoms with E-state index < -0.39 is 0 Å². The predicted octanol–water partition coefficient (Wildman–Crippen LogP) is 1.03. The highest BCUT2D eigenvalue weighted by Gasteiger charge is 1.79. The molecule has 9 heavy (non-hydrogen) atoms. The van der Waals surface area contributed by atoms with Crippen molar-refractivity contribution in [1.29, 1.82) is 0 Å². The molecule has 0 aliphatic carbocycles. The van der Waals surface area contributed by atoms with Crippen molar-refractivity contribution in [1.82, 2.24) is 0 Å². The summed E-state index contributed by atoms with van der Waals surface area (Å²) in [4.78, 5) is 11.6. The van der Waals surface area contributed by atoms with Crippen LogP contribution in [0.2, 0.25) is 0 Å². The molecule has 3 heteroatoms. The van der Waals surface area contributed by atoms with Crippen molar-refractivity contribution in [2.45, 2.75) is 6.92 Å². The molecule has 0 fully saturated rings. The molecule has 0 radical (unpaired) electrons. The third-order valence-electron chi connectivity index (χ3n) is 0.831. The van der Waals surface area contributed by atoms with Crippen molar-refractivity contribution in [2.75, 3.05) is 0 Å². The maximum Gasteiger partial charge on any atom is 0.126 e. The summed E-state index contributed by atoms with van der Waals surface area (Å²) >= 11 is 0. The van der Waals surface area contributed by atoms with Gasteiger partial charge in [0.1, 0.15) is 12.2 Å². The Hall–Kier alpha value is -1.25. The summed E-state index contributed by atoms with van der Waals surface area (Å²) in [6, 6.07) is 0. The van der Waals surface area contributed by atoms with Gasteiger partial charge in [-0.25, -0.2) is 15.0 Å². The highest BCUT2D eigenvalue weighted by atomic mass is 14.9. The average Bonchev–Trinajstić information content (AvgIpc) is 1.79. The van der Waals surface area contributed by atoms with Gasteiger partial charge in [0.2, 0.25) is 0 Å². The first-order chi connectivity index (χ1) is 4.39. The second kappa shape index (κ2) is 2.91. The molecule has 0 aromatic carbocycles. The fourth-order valence-electron chi connectivity index (χ4n) is 0.428. The molecule has 0 saturated heterocycles. The van der Waals surface area contributed by atoms with E-state index >= 15 is 0 Å². The number of amidine groups is 1. The van der Waals surface area contributed by atoms with E-state index in [2.05, 4.69) is 15.0 Å². The Kier molecular flexibility index (Phi) is 1.90. The van der Waals surface area contributed by atoms with Gasteiger partial charge in [-0.15, -0.1) is 0 Å². The molecule has 0 N–H and O–H groups in total. The standard InChI is InChI=1S/C6H7N3/c1-6-8-4-2-3-7-5-9-6/h2-5H,1H3/b3-2+,4-2?,7-3?,7-5?,8-4?,8-6?,9-5?,9-6?. The molecule has 0 spiro atoms. The maximum atomic E-state index is 3.93. The largest absolute Gasteiger partial charge is 0.245 e. The first-order valence-corrected chi connectivity index (χ1v) is 2.65. The summed E-state index contributed by atoms with van der Waals surface area (Å²) in [6.07, 6.45) is 6.53. The van der Waals surface area contributed by atoms with Gasteiger partial charge in [0, 0.05) is 12.4 Å². The monoisotopic (exact) mass is 121 g/mol. The van der Waals surface area contributed by atoms with E-state index in [-0.39, 0.29) is 0 Å². The van der Waals surface area contributed by atoms with Crippen LogP contribution >= 0.6 is 0 Å².